The van der Waals surface area contributed by atoms with E-state index in [1.807, 2.05) is 0 Å². The molecule has 0 aliphatic carbocycles. The first-order valence-corrected chi connectivity index (χ1v) is 8.15. The zero-order valence-electron chi connectivity index (χ0n) is 13.9. The molecular weight excluding hydrogens is 352 g/mol. The molecule has 6 heteroatoms. The number of aryl methyl sites for hydroxylation is 1. The molecule has 1 amide bonds. The van der Waals surface area contributed by atoms with E-state index in [-0.39, 0.29) is 29.0 Å². The van der Waals surface area contributed by atoms with Gasteiger partial charge in [0.2, 0.25) is 0 Å². The number of rotatable bonds is 3. The summed E-state index contributed by atoms with van der Waals surface area (Å²) in [5, 5.41) is 14.2. The topological polar surface area (TPSA) is 71.3 Å². The number of halogens is 1. The average Bonchev–Trinajstić information content (AvgIpc) is 2.64. The van der Waals surface area contributed by atoms with Gasteiger partial charge in [-0.2, -0.15) is 0 Å². The molecule has 2 aromatic carbocycles. The molecule has 0 atom stereocenters. The molecule has 0 aliphatic rings. The van der Waals surface area contributed by atoms with Gasteiger partial charge in [-0.05, 0) is 35.9 Å². The minimum absolute atomic E-state index is 0.105. The number of fused-ring (bicyclic) bond motifs is 1. The summed E-state index contributed by atoms with van der Waals surface area (Å²) in [5.41, 5.74) is 1.25. The number of phenolic OH excluding ortho intramolecular Hbond substituents is 1. The molecule has 0 spiro atoms. The fourth-order valence-electron chi connectivity index (χ4n) is 2.69. The number of terminal acetylenes is 1. The predicted molar refractivity (Wildman–Crippen MR) is 101 cm³/mol. The normalized spacial score (nSPS) is 10.5. The number of phenols is 1. The first-order chi connectivity index (χ1) is 12.4. The standard InChI is InChI=1S/C20H15ClN2O3/c1-3-13-10-16-17(23(2)20(13)26)9-8-15(18(16)24)19(25)22-11-12-4-6-14(21)7-5-12/h1,4-10,24H,11H2,2H3,(H,22,25). The van der Waals surface area contributed by atoms with Gasteiger partial charge < -0.3 is 15.0 Å². The molecule has 0 radical (unpaired) electrons. The van der Waals surface area contributed by atoms with Crippen molar-refractivity contribution in [3.05, 3.63) is 74.5 Å². The summed E-state index contributed by atoms with van der Waals surface area (Å²) in [7, 11) is 1.56. The molecule has 0 saturated heterocycles. The van der Waals surface area contributed by atoms with Gasteiger partial charge in [0.1, 0.15) is 5.75 Å². The molecule has 3 rings (SSSR count). The zero-order valence-corrected chi connectivity index (χ0v) is 14.7. The van der Waals surface area contributed by atoms with Crippen LogP contribution in [0.2, 0.25) is 5.02 Å². The Morgan fingerprint density at radius 2 is 1.96 bits per heavy atom. The predicted octanol–water partition coefficient (Wildman–Crippen LogP) is 2.81. The summed E-state index contributed by atoms with van der Waals surface area (Å²) in [6, 6.07) is 11.6. The number of carbonyl (C=O) groups is 1. The number of nitrogens with one attached hydrogen (secondary N) is 1. The van der Waals surface area contributed by atoms with Crippen molar-refractivity contribution in [1.82, 2.24) is 9.88 Å². The third-order valence-electron chi connectivity index (χ3n) is 4.15. The third-order valence-corrected chi connectivity index (χ3v) is 4.40. The number of carbonyl (C=O) groups excluding carboxylic acids is 1. The SMILES string of the molecule is C#Cc1cc2c(O)c(C(=O)NCc3ccc(Cl)cc3)ccc2n(C)c1=O. The van der Waals surface area contributed by atoms with Crippen LogP contribution in [-0.4, -0.2) is 15.6 Å². The fraction of sp³-hybridized carbons (Fsp3) is 0.100. The van der Waals surface area contributed by atoms with Crippen molar-refractivity contribution < 1.29 is 9.90 Å². The highest BCUT2D eigenvalue weighted by atomic mass is 35.5. The van der Waals surface area contributed by atoms with Gasteiger partial charge in [0.15, 0.2) is 0 Å². The monoisotopic (exact) mass is 366 g/mol. The van der Waals surface area contributed by atoms with Crippen molar-refractivity contribution in [2.75, 3.05) is 0 Å². The van der Waals surface area contributed by atoms with E-state index in [2.05, 4.69) is 11.2 Å². The maximum atomic E-state index is 12.4. The van der Waals surface area contributed by atoms with Crippen LogP contribution in [0.15, 0.2) is 47.3 Å². The van der Waals surface area contributed by atoms with Gasteiger partial charge in [0.05, 0.1) is 16.6 Å². The van der Waals surface area contributed by atoms with Crippen molar-refractivity contribution in [1.29, 1.82) is 0 Å². The van der Waals surface area contributed by atoms with Crippen molar-refractivity contribution in [3.8, 4) is 18.1 Å². The third kappa shape index (κ3) is 3.15. The molecule has 5 nitrogen and oxygen atoms in total. The second-order valence-corrected chi connectivity index (χ2v) is 6.21. The van der Waals surface area contributed by atoms with Gasteiger partial charge in [-0.1, -0.05) is 29.7 Å². The minimum Gasteiger partial charge on any atom is -0.506 e. The Bertz CT molecular complexity index is 1110. The Morgan fingerprint density at radius 3 is 2.62 bits per heavy atom. The fourth-order valence-corrected chi connectivity index (χ4v) is 2.82. The van der Waals surface area contributed by atoms with Crippen molar-refractivity contribution >= 4 is 28.4 Å². The summed E-state index contributed by atoms with van der Waals surface area (Å²) in [6.07, 6.45) is 5.35. The summed E-state index contributed by atoms with van der Waals surface area (Å²) in [5.74, 6) is 1.65. The number of nitrogens with zero attached hydrogens (tertiary/aromatic N) is 1. The first-order valence-electron chi connectivity index (χ1n) is 7.77. The zero-order chi connectivity index (χ0) is 18.8. The summed E-state index contributed by atoms with van der Waals surface area (Å²) in [4.78, 5) is 24.5. The Hall–Kier alpha value is -3.23. The highest BCUT2D eigenvalue weighted by Gasteiger charge is 2.16. The molecule has 0 unspecified atom stereocenters. The molecule has 1 heterocycles. The molecular formula is C20H15ClN2O3. The van der Waals surface area contributed by atoms with E-state index in [0.717, 1.165) is 5.56 Å². The van der Waals surface area contributed by atoms with Crippen LogP contribution in [-0.2, 0) is 13.6 Å². The van der Waals surface area contributed by atoms with Gasteiger partial charge in [-0.3, -0.25) is 9.59 Å². The molecule has 0 bridgehead atoms. The number of hydrogen-bond donors (Lipinski definition) is 2. The number of aromatic hydroxyl groups is 1. The lowest BCUT2D eigenvalue weighted by Gasteiger charge is -2.12. The van der Waals surface area contributed by atoms with Crippen molar-refractivity contribution in [2.24, 2.45) is 7.05 Å². The first kappa shape index (κ1) is 17.6. The van der Waals surface area contributed by atoms with Crippen LogP contribution in [0.4, 0.5) is 0 Å². The van der Waals surface area contributed by atoms with Gasteiger partial charge in [-0.15, -0.1) is 6.42 Å². The quantitative estimate of drug-likeness (QED) is 0.700. The van der Waals surface area contributed by atoms with E-state index < -0.39 is 5.91 Å². The largest absolute Gasteiger partial charge is 0.506 e. The lowest BCUT2D eigenvalue weighted by Crippen LogP contribution is -2.23. The van der Waals surface area contributed by atoms with Crippen LogP contribution >= 0.6 is 11.6 Å². The Labute approximate surface area is 154 Å². The minimum atomic E-state index is -0.435. The molecule has 0 saturated carbocycles. The molecule has 3 aromatic rings. The molecule has 1 aromatic heterocycles. The summed E-state index contributed by atoms with van der Waals surface area (Å²) in [6.45, 7) is 0.288. The lowest BCUT2D eigenvalue weighted by molar-refractivity contribution is 0.0948. The maximum absolute atomic E-state index is 12.4. The van der Waals surface area contributed by atoms with E-state index in [1.54, 1.807) is 37.4 Å². The van der Waals surface area contributed by atoms with Crippen molar-refractivity contribution in [3.63, 3.8) is 0 Å². The number of aromatic nitrogens is 1. The molecule has 0 aliphatic heterocycles. The van der Waals surface area contributed by atoms with E-state index in [9.17, 15) is 14.7 Å². The Kier molecular flexibility index (Phi) is 4.70. The van der Waals surface area contributed by atoms with Gasteiger partial charge in [0.25, 0.3) is 11.5 Å². The van der Waals surface area contributed by atoms with Crippen molar-refractivity contribution in [2.45, 2.75) is 6.54 Å². The highest BCUT2D eigenvalue weighted by Crippen LogP contribution is 2.28. The maximum Gasteiger partial charge on any atom is 0.266 e. The van der Waals surface area contributed by atoms with Crippen LogP contribution in [0.25, 0.3) is 10.9 Å². The molecule has 26 heavy (non-hydrogen) atoms. The number of benzene rings is 2. The van der Waals surface area contributed by atoms with Gasteiger partial charge in [0, 0.05) is 24.0 Å². The smallest absolute Gasteiger partial charge is 0.266 e. The number of amides is 1. The number of pyridine rings is 1. The van der Waals surface area contributed by atoms with Gasteiger partial charge >= 0.3 is 0 Å². The van der Waals surface area contributed by atoms with Crippen LogP contribution in [0.5, 0.6) is 5.75 Å². The van der Waals surface area contributed by atoms with Crippen LogP contribution < -0.4 is 10.9 Å². The van der Waals surface area contributed by atoms with E-state index >= 15 is 0 Å². The summed E-state index contributed by atoms with van der Waals surface area (Å²) >= 11 is 5.84. The van der Waals surface area contributed by atoms with Gasteiger partial charge in [-0.25, -0.2) is 0 Å². The van der Waals surface area contributed by atoms with Crippen LogP contribution in [0.1, 0.15) is 21.5 Å². The highest BCUT2D eigenvalue weighted by molar-refractivity contribution is 6.30. The average molecular weight is 367 g/mol. The van der Waals surface area contributed by atoms with Crippen LogP contribution in [0.3, 0.4) is 0 Å². The second-order valence-electron chi connectivity index (χ2n) is 5.77. The molecule has 0 fully saturated rings. The van der Waals surface area contributed by atoms with E-state index in [1.165, 1.54) is 16.7 Å². The second kappa shape index (κ2) is 6.95. The van der Waals surface area contributed by atoms with E-state index in [4.69, 9.17) is 18.0 Å². The summed E-state index contributed by atoms with van der Waals surface area (Å²) < 4.78 is 1.35. The Morgan fingerprint density at radius 1 is 1.27 bits per heavy atom. The lowest BCUT2D eigenvalue weighted by atomic mass is 10.1. The van der Waals surface area contributed by atoms with E-state index in [0.29, 0.717) is 15.9 Å². The molecule has 2 N–H and O–H groups in total. The number of hydrogen-bond acceptors (Lipinski definition) is 3. The Balaban J connectivity index is 1.95. The molecule has 130 valence electrons. The van der Waals surface area contributed by atoms with Crippen LogP contribution in [0, 0.1) is 12.3 Å².